The van der Waals surface area contributed by atoms with Crippen molar-refractivity contribution in [1.29, 1.82) is 0 Å². The molecule has 146 valence electrons. The highest BCUT2D eigenvalue weighted by Crippen LogP contribution is 2.37. The molecule has 0 spiro atoms. The van der Waals surface area contributed by atoms with E-state index in [9.17, 15) is 14.9 Å². The summed E-state index contributed by atoms with van der Waals surface area (Å²) in [5.41, 5.74) is 5.81. The van der Waals surface area contributed by atoms with E-state index in [0.717, 1.165) is 32.1 Å². The van der Waals surface area contributed by atoms with Crippen LogP contribution in [0.2, 0.25) is 0 Å². The molecule has 1 atom stereocenters. The number of halogens is 1. The normalized spacial score (nSPS) is 21.2. The van der Waals surface area contributed by atoms with E-state index in [1.54, 1.807) is 4.90 Å². The van der Waals surface area contributed by atoms with Crippen molar-refractivity contribution < 1.29 is 18.7 Å². The molecule has 4 rings (SSSR count). The first-order valence-electron chi connectivity index (χ1n) is 8.66. The van der Waals surface area contributed by atoms with Crippen LogP contribution in [-0.4, -0.2) is 32.4 Å². The molecule has 2 aliphatic rings. The third-order valence-electron chi connectivity index (χ3n) is 5.16. The fourth-order valence-corrected chi connectivity index (χ4v) is 3.75. The minimum Gasteiger partial charge on any atom is -0.395 e. The van der Waals surface area contributed by atoms with Crippen LogP contribution in [0.4, 0.5) is 5.88 Å². The van der Waals surface area contributed by atoms with Gasteiger partial charge in [0.15, 0.2) is 11.6 Å². The van der Waals surface area contributed by atoms with Crippen molar-refractivity contribution in [3.05, 3.63) is 39.7 Å². The number of amides is 1. The molecule has 0 radical (unpaired) electrons. The van der Waals surface area contributed by atoms with Gasteiger partial charge in [0.05, 0.1) is 11.6 Å². The Kier molecular flexibility index (Phi) is 5.20. The van der Waals surface area contributed by atoms with Crippen molar-refractivity contribution in [2.45, 2.75) is 50.1 Å². The second kappa shape index (κ2) is 7.28. The highest BCUT2D eigenvalue weighted by Gasteiger charge is 2.40. The molecule has 3 heterocycles. The first kappa shape index (κ1) is 19.3. The van der Waals surface area contributed by atoms with Crippen molar-refractivity contribution in [2.24, 2.45) is 5.73 Å². The Hall–Kier alpha value is -2.46. The number of nitrogens with zero attached hydrogens (tertiary/aromatic N) is 4. The molecular weight excluding hydrogens is 378 g/mol. The number of furan rings is 1. The fourth-order valence-electron chi connectivity index (χ4n) is 3.75. The minimum atomic E-state index is -0.676. The Balaban J connectivity index is 0.00000210. The molecular formula is C16H20ClN5O5. The average molecular weight is 398 g/mol. The number of carbonyl (C=O) groups excluding carboxylic acids is 1. The van der Waals surface area contributed by atoms with E-state index < -0.39 is 22.3 Å². The standard InChI is InChI=1S/C16H19N5O5.ClH/c17-16(7-1-2-8-16)15-18-13(26-19-15)10-4-3-9-20(10)14(22)11-5-6-12(25-11)21(23)24;/h5-6,10H,1-4,7-9,17H2;1H. The predicted molar refractivity (Wildman–Crippen MR) is 94.3 cm³/mol. The van der Waals surface area contributed by atoms with Crippen LogP contribution in [0.3, 0.4) is 0 Å². The zero-order valence-electron chi connectivity index (χ0n) is 14.5. The molecule has 11 heteroatoms. The number of rotatable bonds is 4. The lowest BCUT2D eigenvalue weighted by molar-refractivity contribution is -0.402. The Labute approximate surface area is 160 Å². The number of aromatic nitrogens is 2. The first-order valence-corrected chi connectivity index (χ1v) is 8.66. The van der Waals surface area contributed by atoms with Gasteiger partial charge in [-0.05, 0) is 31.7 Å². The van der Waals surface area contributed by atoms with E-state index >= 15 is 0 Å². The lowest BCUT2D eigenvalue weighted by atomic mass is 9.98. The quantitative estimate of drug-likeness (QED) is 0.612. The Morgan fingerprint density at radius 1 is 1.33 bits per heavy atom. The van der Waals surface area contributed by atoms with Gasteiger partial charge in [0.1, 0.15) is 11.0 Å². The second-order valence-corrected chi connectivity index (χ2v) is 6.87. The SMILES string of the molecule is Cl.NC1(c2noc(C3CCCN3C(=O)c3ccc([N+](=O)[O-])o3)n2)CCCC1. The maximum atomic E-state index is 12.7. The van der Waals surface area contributed by atoms with Crippen LogP contribution in [0.5, 0.6) is 0 Å². The van der Waals surface area contributed by atoms with Crippen molar-refractivity contribution in [1.82, 2.24) is 15.0 Å². The molecule has 10 nitrogen and oxygen atoms in total. The lowest BCUT2D eigenvalue weighted by Crippen LogP contribution is -2.34. The van der Waals surface area contributed by atoms with Gasteiger partial charge >= 0.3 is 5.88 Å². The number of nitrogens with two attached hydrogens (primary N) is 1. The molecule has 2 fully saturated rings. The summed E-state index contributed by atoms with van der Waals surface area (Å²) in [4.78, 5) is 28.8. The van der Waals surface area contributed by atoms with Crippen molar-refractivity contribution in [3.63, 3.8) is 0 Å². The van der Waals surface area contributed by atoms with Crippen LogP contribution in [-0.2, 0) is 5.54 Å². The zero-order chi connectivity index (χ0) is 18.3. The fraction of sp³-hybridized carbons (Fsp3) is 0.562. The van der Waals surface area contributed by atoms with Gasteiger partial charge in [-0.2, -0.15) is 4.98 Å². The van der Waals surface area contributed by atoms with Crippen LogP contribution in [0, 0.1) is 10.1 Å². The third-order valence-corrected chi connectivity index (χ3v) is 5.16. The molecule has 1 amide bonds. The Bertz CT molecular complexity index is 844. The smallest absolute Gasteiger partial charge is 0.395 e. The van der Waals surface area contributed by atoms with E-state index in [-0.39, 0.29) is 24.2 Å². The zero-order valence-corrected chi connectivity index (χ0v) is 15.3. The van der Waals surface area contributed by atoms with Gasteiger partial charge < -0.3 is 19.6 Å². The van der Waals surface area contributed by atoms with E-state index in [4.69, 9.17) is 14.7 Å². The number of carbonyl (C=O) groups is 1. The van der Waals surface area contributed by atoms with E-state index in [1.807, 2.05) is 0 Å². The van der Waals surface area contributed by atoms with Gasteiger partial charge in [-0.1, -0.05) is 18.0 Å². The van der Waals surface area contributed by atoms with Gasteiger partial charge in [0, 0.05) is 6.54 Å². The highest BCUT2D eigenvalue weighted by atomic mass is 35.5. The van der Waals surface area contributed by atoms with Crippen molar-refractivity contribution in [3.8, 4) is 0 Å². The largest absolute Gasteiger partial charge is 0.433 e. The van der Waals surface area contributed by atoms with Gasteiger partial charge in [-0.25, -0.2) is 0 Å². The molecule has 0 aromatic carbocycles. The summed E-state index contributed by atoms with van der Waals surface area (Å²) in [7, 11) is 0. The van der Waals surface area contributed by atoms with Gasteiger partial charge in [0.2, 0.25) is 5.89 Å². The average Bonchev–Trinajstić information content (AvgIpc) is 3.37. The maximum absolute atomic E-state index is 12.7. The number of hydrogen-bond acceptors (Lipinski definition) is 8. The van der Waals surface area contributed by atoms with Gasteiger partial charge in [-0.15, -0.1) is 12.4 Å². The lowest BCUT2D eigenvalue weighted by Gasteiger charge is -2.21. The summed E-state index contributed by atoms with van der Waals surface area (Å²) < 4.78 is 10.4. The minimum absolute atomic E-state index is 0. The molecule has 1 unspecified atom stereocenters. The van der Waals surface area contributed by atoms with E-state index in [1.165, 1.54) is 12.1 Å². The molecule has 1 saturated heterocycles. The molecule has 1 aliphatic heterocycles. The molecule has 2 N–H and O–H groups in total. The number of hydrogen-bond donors (Lipinski definition) is 1. The highest BCUT2D eigenvalue weighted by molar-refractivity contribution is 5.92. The van der Waals surface area contributed by atoms with Crippen molar-refractivity contribution in [2.75, 3.05) is 6.54 Å². The number of likely N-dealkylation sites (tertiary alicyclic amines) is 1. The van der Waals surface area contributed by atoms with Gasteiger partial charge in [0.25, 0.3) is 5.91 Å². The van der Waals surface area contributed by atoms with Crippen LogP contribution < -0.4 is 5.73 Å². The van der Waals surface area contributed by atoms with E-state index in [2.05, 4.69) is 10.1 Å². The Morgan fingerprint density at radius 2 is 2.07 bits per heavy atom. The summed E-state index contributed by atoms with van der Waals surface area (Å²) in [6, 6.07) is 2.10. The van der Waals surface area contributed by atoms with Crippen molar-refractivity contribution >= 4 is 24.2 Å². The molecule has 1 saturated carbocycles. The third kappa shape index (κ3) is 3.42. The molecule has 2 aromatic rings. The second-order valence-electron chi connectivity index (χ2n) is 6.87. The summed E-state index contributed by atoms with van der Waals surface area (Å²) in [6.45, 7) is 0.490. The van der Waals surface area contributed by atoms with Crippen LogP contribution in [0.1, 0.15) is 66.8 Å². The molecule has 27 heavy (non-hydrogen) atoms. The topological polar surface area (TPSA) is 142 Å². The van der Waals surface area contributed by atoms with Gasteiger partial charge in [-0.3, -0.25) is 14.9 Å². The Morgan fingerprint density at radius 3 is 2.74 bits per heavy atom. The summed E-state index contributed by atoms with van der Waals surface area (Å²) in [5, 5.41) is 14.8. The molecule has 2 aromatic heterocycles. The summed E-state index contributed by atoms with van der Waals surface area (Å²) in [6.07, 6.45) is 5.14. The van der Waals surface area contributed by atoms with Crippen LogP contribution >= 0.6 is 12.4 Å². The van der Waals surface area contributed by atoms with Crippen LogP contribution in [0.15, 0.2) is 21.1 Å². The monoisotopic (exact) mass is 397 g/mol. The van der Waals surface area contributed by atoms with Crippen LogP contribution in [0.25, 0.3) is 0 Å². The summed E-state index contributed by atoms with van der Waals surface area (Å²) in [5.74, 6) is -0.129. The predicted octanol–water partition coefficient (Wildman–Crippen LogP) is 2.70. The first-order chi connectivity index (χ1) is 12.5. The summed E-state index contributed by atoms with van der Waals surface area (Å²) >= 11 is 0. The maximum Gasteiger partial charge on any atom is 0.433 e. The molecule has 1 aliphatic carbocycles. The number of nitro groups is 1. The van der Waals surface area contributed by atoms with E-state index in [0.29, 0.717) is 24.7 Å². The molecule has 0 bridgehead atoms.